The second kappa shape index (κ2) is 5.03. The summed E-state index contributed by atoms with van der Waals surface area (Å²) < 4.78 is 0. The smallest absolute Gasteiger partial charge is 0.307 e. The molecule has 4 heteroatoms. The van der Waals surface area contributed by atoms with Gasteiger partial charge in [-0.1, -0.05) is 30.3 Å². The Morgan fingerprint density at radius 1 is 1.26 bits per heavy atom. The molecule has 1 saturated carbocycles. The molecular formula is C15H19NO3. The number of nitrogens with one attached hydrogen (secondary N) is 1. The third kappa shape index (κ3) is 3.56. The van der Waals surface area contributed by atoms with Gasteiger partial charge in [-0.05, 0) is 32.3 Å². The minimum absolute atomic E-state index is 0.145. The van der Waals surface area contributed by atoms with Crippen molar-refractivity contribution < 1.29 is 14.7 Å². The third-order valence-electron chi connectivity index (χ3n) is 3.39. The molecule has 1 aromatic carbocycles. The van der Waals surface area contributed by atoms with Gasteiger partial charge in [0.1, 0.15) is 0 Å². The van der Waals surface area contributed by atoms with Gasteiger partial charge in [-0.2, -0.15) is 0 Å². The van der Waals surface area contributed by atoms with E-state index in [0.29, 0.717) is 6.42 Å². The van der Waals surface area contributed by atoms with Crippen molar-refractivity contribution in [3.05, 3.63) is 35.9 Å². The van der Waals surface area contributed by atoms with Crippen LogP contribution in [-0.2, 0) is 16.0 Å². The van der Waals surface area contributed by atoms with E-state index in [9.17, 15) is 9.59 Å². The van der Waals surface area contributed by atoms with Crippen LogP contribution in [0.15, 0.2) is 30.3 Å². The molecule has 0 heterocycles. The molecule has 2 N–H and O–H groups in total. The Morgan fingerprint density at radius 3 is 2.42 bits per heavy atom. The molecule has 1 fully saturated rings. The number of aliphatic carboxylic acids is 1. The van der Waals surface area contributed by atoms with E-state index in [-0.39, 0.29) is 17.4 Å². The van der Waals surface area contributed by atoms with Gasteiger partial charge < -0.3 is 10.4 Å². The standard InChI is InChI=1S/C15H19NO3/c1-15(2,9-10-6-4-3-5-7-10)16-13(17)11-8-12(11)14(18)19/h3-7,11-12H,8-9H2,1-2H3,(H,16,17)(H,18,19)/t11-,12+/m1/s1. The van der Waals surface area contributed by atoms with Crippen LogP contribution in [0.25, 0.3) is 0 Å². The fraction of sp³-hybridized carbons (Fsp3) is 0.467. The molecule has 1 aliphatic rings. The lowest BCUT2D eigenvalue weighted by molar-refractivity contribution is -0.140. The summed E-state index contributed by atoms with van der Waals surface area (Å²) in [5.41, 5.74) is 0.780. The maximum absolute atomic E-state index is 12.0. The number of amides is 1. The van der Waals surface area contributed by atoms with Crippen molar-refractivity contribution in [3.63, 3.8) is 0 Å². The normalized spacial score (nSPS) is 21.8. The fourth-order valence-corrected chi connectivity index (χ4v) is 2.33. The molecule has 1 aliphatic carbocycles. The summed E-state index contributed by atoms with van der Waals surface area (Å²) in [6.45, 7) is 3.91. The Balaban J connectivity index is 1.91. The molecule has 2 atom stereocenters. The first kappa shape index (κ1) is 13.6. The van der Waals surface area contributed by atoms with Gasteiger partial charge in [0.15, 0.2) is 0 Å². The highest BCUT2D eigenvalue weighted by Crippen LogP contribution is 2.39. The lowest BCUT2D eigenvalue weighted by Gasteiger charge is -2.26. The predicted octanol–water partition coefficient (Wildman–Crippen LogP) is 1.84. The van der Waals surface area contributed by atoms with E-state index in [4.69, 9.17) is 5.11 Å². The maximum atomic E-state index is 12.0. The second-order valence-electron chi connectivity index (χ2n) is 5.82. The van der Waals surface area contributed by atoms with Gasteiger partial charge in [-0.3, -0.25) is 9.59 Å². The summed E-state index contributed by atoms with van der Waals surface area (Å²) in [4.78, 5) is 22.7. The summed E-state index contributed by atoms with van der Waals surface area (Å²) >= 11 is 0. The van der Waals surface area contributed by atoms with Crippen LogP contribution in [0.2, 0.25) is 0 Å². The van der Waals surface area contributed by atoms with Gasteiger partial charge in [0.2, 0.25) is 5.91 Å². The van der Waals surface area contributed by atoms with Crippen LogP contribution in [0, 0.1) is 11.8 Å². The topological polar surface area (TPSA) is 66.4 Å². The molecule has 1 aromatic rings. The van der Waals surface area contributed by atoms with Crippen LogP contribution in [0.3, 0.4) is 0 Å². The quantitative estimate of drug-likeness (QED) is 0.850. The zero-order valence-electron chi connectivity index (χ0n) is 11.2. The minimum atomic E-state index is -0.874. The zero-order chi connectivity index (χ0) is 14.0. The van der Waals surface area contributed by atoms with Crippen molar-refractivity contribution in [3.8, 4) is 0 Å². The van der Waals surface area contributed by atoms with Gasteiger partial charge in [0, 0.05) is 5.54 Å². The number of hydrogen-bond donors (Lipinski definition) is 2. The summed E-state index contributed by atoms with van der Waals surface area (Å²) in [5, 5.41) is 11.8. The molecule has 1 amide bonds. The molecule has 0 aliphatic heterocycles. The monoisotopic (exact) mass is 261 g/mol. The highest BCUT2D eigenvalue weighted by molar-refractivity contribution is 5.89. The first-order valence-corrected chi connectivity index (χ1v) is 6.48. The SMILES string of the molecule is CC(C)(Cc1ccccc1)NC(=O)[C@@H]1C[C@@H]1C(=O)O. The number of carboxylic acids is 1. The van der Waals surface area contributed by atoms with Crippen LogP contribution in [0.4, 0.5) is 0 Å². The molecular weight excluding hydrogens is 242 g/mol. The molecule has 102 valence electrons. The highest BCUT2D eigenvalue weighted by atomic mass is 16.4. The van der Waals surface area contributed by atoms with Gasteiger partial charge >= 0.3 is 5.97 Å². The van der Waals surface area contributed by atoms with E-state index in [1.165, 1.54) is 0 Å². The number of benzene rings is 1. The van der Waals surface area contributed by atoms with Crippen LogP contribution >= 0.6 is 0 Å². The molecule has 4 nitrogen and oxygen atoms in total. The van der Waals surface area contributed by atoms with Crippen LogP contribution in [-0.4, -0.2) is 22.5 Å². The van der Waals surface area contributed by atoms with E-state index < -0.39 is 11.9 Å². The van der Waals surface area contributed by atoms with E-state index in [1.807, 2.05) is 44.2 Å². The van der Waals surface area contributed by atoms with Crippen molar-refractivity contribution in [1.82, 2.24) is 5.32 Å². The van der Waals surface area contributed by atoms with Crippen LogP contribution in [0.1, 0.15) is 25.8 Å². The number of carboxylic acid groups (broad SMARTS) is 1. The van der Waals surface area contributed by atoms with E-state index in [0.717, 1.165) is 12.0 Å². The van der Waals surface area contributed by atoms with Gasteiger partial charge in [0.05, 0.1) is 11.8 Å². The number of carbonyl (C=O) groups is 2. The Bertz CT molecular complexity index is 481. The maximum Gasteiger partial charge on any atom is 0.307 e. The molecule has 0 unspecified atom stereocenters. The molecule has 0 radical (unpaired) electrons. The van der Waals surface area contributed by atoms with E-state index >= 15 is 0 Å². The van der Waals surface area contributed by atoms with Crippen molar-refractivity contribution in [1.29, 1.82) is 0 Å². The highest BCUT2D eigenvalue weighted by Gasteiger charge is 2.49. The summed E-state index contributed by atoms with van der Waals surface area (Å²) in [6.07, 6.45) is 1.19. The fourth-order valence-electron chi connectivity index (χ4n) is 2.33. The molecule has 0 saturated heterocycles. The largest absolute Gasteiger partial charge is 0.481 e. The predicted molar refractivity (Wildman–Crippen MR) is 71.6 cm³/mol. The number of carbonyl (C=O) groups excluding carboxylic acids is 1. The van der Waals surface area contributed by atoms with Crippen molar-refractivity contribution in [2.24, 2.45) is 11.8 Å². The summed E-state index contributed by atoms with van der Waals surface area (Å²) in [7, 11) is 0. The Labute approximate surface area is 112 Å². The van der Waals surface area contributed by atoms with Gasteiger partial charge in [-0.25, -0.2) is 0 Å². The third-order valence-corrected chi connectivity index (χ3v) is 3.39. The average Bonchev–Trinajstić information content (AvgIpc) is 3.08. The molecule has 0 aromatic heterocycles. The second-order valence-corrected chi connectivity index (χ2v) is 5.82. The van der Waals surface area contributed by atoms with E-state index in [1.54, 1.807) is 0 Å². The van der Waals surface area contributed by atoms with Crippen LogP contribution in [0.5, 0.6) is 0 Å². The lowest BCUT2D eigenvalue weighted by atomic mass is 9.94. The Morgan fingerprint density at radius 2 is 1.89 bits per heavy atom. The van der Waals surface area contributed by atoms with Crippen molar-refractivity contribution in [2.75, 3.05) is 0 Å². The van der Waals surface area contributed by atoms with Gasteiger partial charge in [-0.15, -0.1) is 0 Å². The number of hydrogen-bond acceptors (Lipinski definition) is 2. The first-order valence-electron chi connectivity index (χ1n) is 6.48. The first-order chi connectivity index (χ1) is 8.89. The van der Waals surface area contributed by atoms with Crippen molar-refractivity contribution >= 4 is 11.9 Å². The van der Waals surface area contributed by atoms with Crippen LogP contribution < -0.4 is 5.32 Å². The molecule has 0 spiro atoms. The molecule has 0 bridgehead atoms. The van der Waals surface area contributed by atoms with Gasteiger partial charge in [0.25, 0.3) is 0 Å². The minimum Gasteiger partial charge on any atom is -0.481 e. The molecule has 19 heavy (non-hydrogen) atoms. The summed E-state index contributed by atoms with van der Waals surface area (Å²) in [6, 6.07) is 9.93. The Kier molecular flexibility index (Phi) is 3.60. The zero-order valence-corrected chi connectivity index (χ0v) is 11.2. The lowest BCUT2D eigenvalue weighted by Crippen LogP contribution is -2.46. The Hall–Kier alpha value is -1.84. The summed E-state index contributed by atoms with van der Waals surface area (Å²) in [5.74, 6) is -1.87. The number of rotatable bonds is 5. The van der Waals surface area contributed by atoms with E-state index in [2.05, 4.69) is 5.32 Å². The van der Waals surface area contributed by atoms with Crippen molar-refractivity contribution in [2.45, 2.75) is 32.2 Å². The molecule has 2 rings (SSSR count). The average molecular weight is 261 g/mol.